The fourth-order valence-corrected chi connectivity index (χ4v) is 4.57. The molecule has 4 aromatic rings. The largest absolute Gasteiger partial charge is 0.490 e. The van der Waals surface area contributed by atoms with E-state index in [1.54, 1.807) is 17.4 Å². The van der Waals surface area contributed by atoms with Gasteiger partial charge in [-0.2, -0.15) is 26.3 Å². The number of benzene rings is 1. The number of nitrogens with one attached hydrogen (secondary N) is 1. The molecule has 5 rings (SSSR count). The highest BCUT2D eigenvalue weighted by Crippen LogP contribution is 2.29. The third-order valence-electron chi connectivity index (χ3n) is 6.38. The van der Waals surface area contributed by atoms with Crippen molar-refractivity contribution in [3.63, 3.8) is 0 Å². The Bertz CT molecular complexity index is 1780. The Labute approximate surface area is 241 Å². The van der Waals surface area contributed by atoms with E-state index in [0.717, 1.165) is 12.3 Å². The molecule has 17 heteroatoms. The smallest absolute Gasteiger partial charge is 0.475 e. The van der Waals surface area contributed by atoms with Crippen molar-refractivity contribution in [1.82, 2.24) is 24.3 Å². The Morgan fingerprint density at radius 1 is 1.14 bits per heavy atom. The van der Waals surface area contributed by atoms with Crippen molar-refractivity contribution in [3.05, 3.63) is 97.4 Å². The van der Waals surface area contributed by atoms with Crippen molar-refractivity contribution in [2.45, 2.75) is 38.7 Å². The number of carbonyl (C=O) groups is 2. The number of alkyl halides is 6. The zero-order chi connectivity index (χ0) is 31.9. The highest BCUT2D eigenvalue weighted by Gasteiger charge is 2.38. The maximum atomic E-state index is 14.7. The number of H-pyrrole nitrogens is 1. The molecule has 43 heavy (non-hydrogen) atoms. The lowest BCUT2D eigenvalue weighted by molar-refractivity contribution is -0.192. The summed E-state index contributed by atoms with van der Waals surface area (Å²) in [5.74, 6) is -5.45. The number of hydrogen-bond acceptors (Lipinski definition) is 5. The second-order valence-corrected chi connectivity index (χ2v) is 9.74. The van der Waals surface area contributed by atoms with Gasteiger partial charge < -0.3 is 15.0 Å². The Kier molecular flexibility index (Phi) is 8.53. The number of aromatic nitrogens is 4. The highest BCUT2D eigenvalue weighted by atomic mass is 35.5. The Hall–Kier alpha value is -4.47. The summed E-state index contributed by atoms with van der Waals surface area (Å²) in [7, 11) is 0. The summed E-state index contributed by atoms with van der Waals surface area (Å²) < 4.78 is 87.1. The highest BCUT2D eigenvalue weighted by molar-refractivity contribution is 6.30. The number of fused-ring (bicyclic) bond motifs is 2. The van der Waals surface area contributed by atoms with Crippen molar-refractivity contribution in [3.8, 4) is 0 Å². The maximum Gasteiger partial charge on any atom is 0.490 e. The normalized spacial score (nSPS) is 13.4. The first-order valence-electron chi connectivity index (χ1n) is 12.1. The van der Waals surface area contributed by atoms with Crippen molar-refractivity contribution in [2.24, 2.45) is 0 Å². The number of carboxylic acids is 1. The first kappa shape index (κ1) is 31.5. The number of carboxylic acid groups (broad SMARTS) is 1. The van der Waals surface area contributed by atoms with E-state index >= 15 is 0 Å². The van der Waals surface area contributed by atoms with Gasteiger partial charge in [0.15, 0.2) is 0 Å². The number of amides is 1. The van der Waals surface area contributed by atoms with Crippen LogP contribution in [0.15, 0.2) is 41.5 Å². The number of hydrogen-bond donors (Lipinski definition) is 2. The lowest BCUT2D eigenvalue weighted by Gasteiger charge is -2.28. The van der Waals surface area contributed by atoms with E-state index in [4.69, 9.17) is 21.5 Å². The SMILES string of the molecule is Cc1cc2c(=O)[nH]cc(Cc3ccc(F)c(C(=O)N4CCc5cnc(C(F)(F)F)nc5C4)c3)n2c1Cl.O=C(O)C(F)(F)F. The van der Waals surface area contributed by atoms with Crippen LogP contribution in [-0.2, 0) is 30.4 Å². The summed E-state index contributed by atoms with van der Waals surface area (Å²) in [5, 5.41) is 7.50. The quantitative estimate of drug-likeness (QED) is 0.308. The molecule has 228 valence electrons. The molecule has 0 unspecified atom stereocenters. The summed E-state index contributed by atoms with van der Waals surface area (Å²) >= 11 is 6.38. The van der Waals surface area contributed by atoms with Crippen LogP contribution in [0.2, 0.25) is 5.15 Å². The molecule has 0 spiro atoms. The van der Waals surface area contributed by atoms with E-state index in [9.17, 15) is 40.3 Å². The maximum absolute atomic E-state index is 14.7. The van der Waals surface area contributed by atoms with Crippen LogP contribution >= 0.6 is 11.6 Å². The van der Waals surface area contributed by atoms with Crippen LogP contribution in [-0.4, -0.2) is 54.0 Å². The third-order valence-corrected chi connectivity index (χ3v) is 6.85. The van der Waals surface area contributed by atoms with E-state index in [2.05, 4.69) is 15.0 Å². The molecule has 0 saturated heterocycles. The summed E-state index contributed by atoms with van der Waals surface area (Å²) in [5.41, 5.74) is 2.35. The topological polar surface area (TPSA) is 121 Å². The van der Waals surface area contributed by atoms with Gasteiger partial charge in [0.1, 0.15) is 16.5 Å². The van der Waals surface area contributed by atoms with Crippen LogP contribution in [0.25, 0.3) is 5.52 Å². The number of nitrogens with zero attached hydrogens (tertiary/aromatic N) is 4. The first-order chi connectivity index (χ1) is 20.0. The summed E-state index contributed by atoms with van der Waals surface area (Å²) in [6, 6.07) is 5.74. The van der Waals surface area contributed by atoms with Crippen LogP contribution in [0.4, 0.5) is 30.7 Å². The van der Waals surface area contributed by atoms with E-state index in [1.165, 1.54) is 23.2 Å². The molecule has 0 atom stereocenters. The van der Waals surface area contributed by atoms with Gasteiger partial charge in [-0.15, -0.1) is 0 Å². The van der Waals surface area contributed by atoms with Gasteiger partial charge in [0, 0.05) is 31.1 Å². The van der Waals surface area contributed by atoms with E-state index in [0.29, 0.717) is 33.1 Å². The third kappa shape index (κ3) is 6.79. The summed E-state index contributed by atoms with van der Waals surface area (Å²) in [6.07, 6.45) is -6.69. The first-order valence-corrected chi connectivity index (χ1v) is 12.5. The lowest BCUT2D eigenvalue weighted by atomic mass is 10.0. The number of carbonyl (C=O) groups excluding carboxylic acids is 1. The molecule has 0 aliphatic carbocycles. The van der Waals surface area contributed by atoms with E-state index in [1.807, 2.05) is 0 Å². The predicted octanol–water partition coefficient (Wildman–Crippen LogP) is 4.96. The molecular formula is C26H19ClF7N5O4. The second-order valence-electron chi connectivity index (χ2n) is 9.38. The fraction of sp³-hybridized carbons (Fsp3) is 0.269. The van der Waals surface area contributed by atoms with Gasteiger partial charge in [0.2, 0.25) is 5.82 Å². The number of aromatic amines is 1. The molecule has 4 heterocycles. The number of aliphatic carboxylic acids is 1. The molecule has 1 amide bonds. The lowest BCUT2D eigenvalue weighted by Crippen LogP contribution is -2.37. The van der Waals surface area contributed by atoms with Crippen LogP contribution < -0.4 is 5.56 Å². The zero-order valence-corrected chi connectivity index (χ0v) is 22.5. The molecule has 1 aliphatic rings. The van der Waals surface area contributed by atoms with Gasteiger partial charge in [0.05, 0.1) is 17.8 Å². The fourth-order valence-electron chi connectivity index (χ4n) is 4.32. The minimum absolute atomic E-state index is 0.0849. The van der Waals surface area contributed by atoms with Gasteiger partial charge in [-0.05, 0) is 48.2 Å². The predicted molar refractivity (Wildman–Crippen MR) is 136 cm³/mol. The van der Waals surface area contributed by atoms with Crippen LogP contribution in [0, 0.1) is 12.7 Å². The number of halogens is 8. The molecule has 2 N–H and O–H groups in total. The van der Waals surface area contributed by atoms with Crippen molar-refractivity contribution < 1.29 is 45.4 Å². The molecule has 0 fully saturated rings. The zero-order valence-electron chi connectivity index (χ0n) is 21.8. The average Bonchev–Trinajstić information content (AvgIpc) is 3.24. The minimum Gasteiger partial charge on any atom is -0.475 e. The van der Waals surface area contributed by atoms with Crippen molar-refractivity contribution >= 4 is 29.0 Å². The van der Waals surface area contributed by atoms with Crippen molar-refractivity contribution in [1.29, 1.82) is 0 Å². The molecule has 0 bridgehead atoms. The van der Waals surface area contributed by atoms with Gasteiger partial charge >= 0.3 is 18.3 Å². The molecule has 0 radical (unpaired) electrons. The Morgan fingerprint density at radius 2 is 1.81 bits per heavy atom. The van der Waals surface area contributed by atoms with E-state index < -0.39 is 35.9 Å². The molecule has 0 saturated carbocycles. The Balaban J connectivity index is 0.000000541. The molecule has 1 aliphatic heterocycles. The molecular weight excluding hydrogens is 615 g/mol. The van der Waals surface area contributed by atoms with Crippen LogP contribution in [0.5, 0.6) is 0 Å². The van der Waals surface area contributed by atoms with Gasteiger partial charge in [-0.1, -0.05) is 17.7 Å². The average molecular weight is 634 g/mol. The standard InChI is InChI=1S/C24H18ClF4N5O2.C2HF3O2/c1-12-6-19-21(35)30-10-15(34(19)20(12)25)7-13-2-3-17(26)16(8-13)22(36)33-5-4-14-9-31-23(24(27,28)29)32-18(14)11-33;3-2(4,5)1(6)7/h2-3,6,8-10H,4-5,7,11H2,1H3,(H,30,35);(H,6,7). The van der Waals surface area contributed by atoms with Crippen molar-refractivity contribution in [2.75, 3.05) is 6.54 Å². The van der Waals surface area contributed by atoms with Gasteiger partial charge in [0.25, 0.3) is 11.5 Å². The molecule has 1 aromatic carbocycles. The second kappa shape index (κ2) is 11.7. The van der Waals surface area contributed by atoms with E-state index in [-0.39, 0.29) is 42.7 Å². The minimum atomic E-state index is -5.08. The number of rotatable bonds is 3. The number of aryl methyl sites for hydroxylation is 1. The monoisotopic (exact) mass is 633 g/mol. The van der Waals surface area contributed by atoms with Gasteiger partial charge in [-0.25, -0.2) is 19.2 Å². The molecule has 9 nitrogen and oxygen atoms in total. The Morgan fingerprint density at radius 3 is 2.44 bits per heavy atom. The van der Waals surface area contributed by atoms with Crippen LogP contribution in [0.3, 0.4) is 0 Å². The summed E-state index contributed by atoms with van der Waals surface area (Å²) in [4.78, 5) is 45.1. The van der Waals surface area contributed by atoms with Crippen LogP contribution in [0.1, 0.15) is 44.3 Å². The van der Waals surface area contributed by atoms with Gasteiger partial charge in [-0.3, -0.25) is 14.0 Å². The summed E-state index contributed by atoms with van der Waals surface area (Å²) in [6.45, 7) is 1.76. The molecule has 3 aromatic heterocycles.